The maximum Gasteiger partial charge on any atom is 0.407 e. The fraction of sp³-hybridized carbons (Fsp3) is 0.833. The minimum absolute atomic E-state index is 0.246. The van der Waals surface area contributed by atoms with E-state index in [0.29, 0.717) is 65.6 Å². The van der Waals surface area contributed by atoms with Crippen LogP contribution in [0.5, 0.6) is 0 Å². The monoisotopic (exact) mass is 474 g/mol. The number of ether oxygens (including phenoxy) is 4. The van der Waals surface area contributed by atoms with E-state index < -0.39 is 23.3 Å². The van der Waals surface area contributed by atoms with E-state index >= 15 is 0 Å². The van der Waals surface area contributed by atoms with E-state index in [4.69, 9.17) is 18.9 Å². The van der Waals surface area contributed by atoms with Crippen LogP contribution in [-0.2, 0) is 23.7 Å². The molecule has 2 amide bonds. The summed E-state index contributed by atoms with van der Waals surface area (Å²) in [6, 6.07) is 0. The van der Waals surface area contributed by atoms with Crippen molar-refractivity contribution in [2.45, 2.75) is 77.0 Å². The van der Waals surface area contributed by atoms with Crippen molar-refractivity contribution in [3.05, 3.63) is 12.2 Å². The molecule has 0 bridgehead atoms. The molecule has 0 spiro atoms. The lowest BCUT2D eigenvalue weighted by atomic mass is 9.93. The Morgan fingerprint density at radius 2 is 1.45 bits per heavy atom. The minimum Gasteiger partial charge on any atom is -0.444 e. The third-order valence-electron chi connectivity index (χ3n) is 4.80. The highest BCUT2D eigenvalue weighted by Crippen LogP contribution is 2.25. The van der Waals surface area contributed by atoms with Crippen LogP contribution in [0, 0.1) is 0 Å². The number of nitrogens with one attached hydrogen (secondary N) is 2. The zero-order valence-corrected chi connectivity index (χ0v) is 20.6. The van der Waals surface area contributed by atoms with E-state index in [-0.39, 0.29) is 6.42 Å². The molecular formula is C24H43FN2O6. The molecule has 0 aromatic rings. The molecule has 0 radical (unpaired) electrons. The van der Waals surface area contributed by atoms with Gasteiger partial charge in [-0.3, -0.25) is 4.79 Å². The Kier molecular flexibility index (Phi) is 15.0. The van der Waals surface area contributed by atoms with Crippen LogP contribution in [0.1, 0.15) is 65.7 Å². The van der Waals surface area contributed by atoms with Crippen LogP contribution in [0.15, 0.2) is 12.2 Å². The Balaban J connectivity index is 1.87. The zero-order chi connectivity index (χ0) is 24.4. The van der Waals surface area contributed by atoms with Gasteiger partial charge < -0.3 is 29.6 Å². The van der Waals surface area contributed by atoms with Gasteiger partial charge in [0.25, 0.3) is 5.91 Å². The molecule has 0 heterocycles. The van der Waals surface area contributed by atoms with E-state index in [1.165, 1.54) is 6.08 Å². The van der Waals surface area contributed by atoms with Gasteiger partial charge in [0.05, 0.1) is 26.4 Å². The number of allylic oxidation sites excluding steroid dienone is 1. The third kappa shape index (κ3) is 15.7. The summed E-state index contributed by atoms with van der Waals surface area (Å²) in [5.74, 6) is -0.551. The Hall–Kier alpha value is -1.71. The summed E-state index contributed by atoms with van der Waals surface area (Å²) in [6.07, 6.45) is 7.89. The van der Waals surface area contributed by atoms with Crippen LogP contribution in [0.25, 0.3) is 0 Å². The molecule has 0 saturated carbocycles. The molecule has 1 atom stereocenters. The van der Waals surface area contributed by atoms with Crippen molar-refractivity contribution in [1.82, 2.24) is 10.6 Å². The lowest BCUT2D eigenvalue weighted by Gasteiger charge is -2.22. The molecule has 0 aromatic carbocycles. The fourth-order valence-corrected chi connectivity index (χ4v) is 3.11. The van der Waals surface area contributed by atoms with Gasteiger partial charge >= 0.3 is 6.09 Å². The number of rotatable bonds is 15. The lowest BCUT2D eigenvalue weighted by Crippen LogP contribution is -2.42. The van der Waals surface area contributed by atoms with Gasteiger partial charge in [0, 0.05) is 26.3 Å². The molecule has 192 valence electrons. The van der Waals surface area contributed by atoms with Crippen molar-refractivity contribution in [2.24, 2.45) is 0 Å². The Labute approximate surface area is 197 Å². The molecule has 0 fully saturated rings. The van der Waals surface area contributed by atoms with Crippen molar-refractivity contribution in [1.29, 1.82) is 0 Å². The number of amides is 2. The van der Waals surface area contributed by atoms with Gasteiger partial charge in [-0.15, -0.1) is 0 Å². The Bertz CT molecular complexity index is 582. The van der Waals surface area contributed by atoms with E-state index in [2.05, 4.69) is 10.6 Å². The fourth-order valence-electron chi connectivity index (χ4n) is 3.11. The summed E-state index contributed by atoms with van der Waals surface area (Å²) < 4.78 is 36.2. The molecule has 1 aliphatic rings. The first-order valence-corrected chi connectivity index (χ1v) is 12.1. The average molecular weight is 475 g/mol. The van der Waals surface area contributed by atoms with Crippen molar-refractivity contribution >= 4 is 12.0 Å². The Morgan fingerprint density at radius 3 is 2.06 bits per heavy atom. The summed E-state index contributed by atoms with van der Waals surface area (Å²) in [5.41, 5.74) is -2.38. The van der Waals surface area contributed by atoms with Gasteiger partial charge in [-0.2, -0.15) is 0 Å². The largest absolute Gasteiger partial charge is 0.444 e. The van der Waals surface area contributed by atoms with E-state index in [0.717, 1.165) is 25.7 Å². The van der Waals surface area contributed by atoms with Gasteiger partial charge in [0.15, 0.2) is 0 Å². The maximum absolute atomic E-state index is 14.8. The molecule has 0 aromatic heterocycles. The van der Waals surface area contributed by atoms with Crippen LogP contribution in [-0.4, -0.2) is 76.0 Å². The SMILES string of the molecule is CC(C)(C)OC(=O)NCCCOCCOCCOCCCNC(=O)C1(F)/C=C\CCCCC1. The first-order valence-electron chi connectivity index (χ1n) is 12.1. The molecule has 1 aliphatic carbocycles. The van der Waals surface area contributed by atoms with E-state index in [1.54, 1.807) is 6.08 Å². The second-order valence-electron chi connectivity index (χ2n) is 9.09. The number of halogens is 1. The van der Waals surface area contributed by atoms with Crippen LogP contribution in [0.4, 0.5) is 9.18 Å². The van der Waals surface area contributed by atoms with Gasteiger partial charge in [-0.05, 0) is 65.4 Å². The highest BCUT2D eigenvalue weighted by Gasteiger charge is 2.35. The quantitative estimate of drug-likeness (QED) is 0.278. The number of carbonyl (C=O) groups is 2. The van der Waals surface area contributed by atoms with Gasteiger partial charge in [0.1, 0.15) is 5.60 Å². The average Bonchev–Trinajstić information content (AvgIpc) is 2.72. The molecule has 1 rings (SSSR count). The van der Waals surface area contributed by atoms with Crippen LogP contribution >= 0.6 is 0 Å². The predicted molar refractivity (Wildman–Crippen MR) is 125 cm³/mol. The summed E-state index contributed by atoms with van der Waals surface area (Å²) in [4.78, 5) is 23.6. The smallest absolute Gasteiger partial charge is 0.407 e. The second kappa shape index (κ2) is 16.8. The number of hydrogen-bond donors (Lipinski definition) is 2. The zero-order valence-electron chi connectivity index (χ0n) is 20.6. The molecule has 9 heteroatoms. The van der Waals surface area contributed by atoms with Crippen molar-refractivity contribution in [3.63, 3.8) is 0 Å². The number of alkyl halides is 1. The number of carbonyl (C=O) groups excluding carboxylic acids is 2. The summed E-state index contributed by atoms with van der Waals surface area (Å²) in [6.45, 7) is 9.17. The molecule has 0 aliphatic heterocycles. The number of alkyl carbamates (subject to hydrolysis) is 1. The Morgan fingerprint density at radius 1 is 0.879 bits per heavy atom. The molecule has 2 N–H and O–H groups in total. The number of hydrogen-bond acceptors (Lipinski definition) is 6. The van der Waals surface area contributed by atoms with Gasteiger partial charge in [0.2, 0.25) is 5.67 Å². The van der Waals surface area contributed by atoms with Crippen molar-refractivity contribution in [2.75, 3.05) is 52.7 Å². The molecule has 8 nitrogen and oxygen atoms in total. The molecule has 1 unspecified atom stereocenters. The summed E-state index contributed by atoms with van der Waals surface area (Å²) in [5, 5.41) is 5.35. The molecule has 33 heavy (non-hydrogen) atoms. The topological polar surface area (TPSA) is 95.1 Å². The van der Waals surface area contributed by atoms with Crippen molar-refractivity contribution in [3.8, 4) is 0 Å². The van der Waals surface area contributed by atoms with Crippen LogP contribution in [0.2, 0.25) is 0 Å². The van der Waals surface area contributed by atoms with Gasteiger partial charge in [-0.25, -0.2) is 9.18 Å². The van der Waals surface area contributed by atoms with Crippen molar-refractivity contribution < 1.29 is 32.9 Å². The summed E-state index contributed by atoms with van der Waals surface area (Å²) in [7, 11) is 0. The first kappa shape index (κ1) is 29.3. The second-order valence-corrected chi connectivity index (χ2v) is 9.09. The molecule has 0 saturated heterocycles. The normalized spacial score (nSPS) is 19.9. The molecular weight excluding hydrogens is 431 g/mol. The standard InChI is InChI=1S/C24H43FN2O6/c1-23(2,3)33-22(29)27-14-10-16-31-18-20-32-19-17-30-15-9-13-26-21(28)24(25)11-7-5-4-6-8-12-24/h7,11H,4-6,8-10,12-20H2,1-3H3,(H,26,28)(H,27,29)/b11-7-. The van der Waals surface area contributed by atoms with Crippen LogP contribution in [0.3, 0.4) is 0 Å². The minimum atomic E-state index is -1.88. The van der Waals surface area contributed by atoms with E-state index in [1.807, 2.05) is 20.8 Å². The predicted octanol–water partition coefficient (Wildman–Crippen LogP) is 3.69. The third-order valence-corrected chi connectivity index (χ3v) is 4.80. The highest BCUT2D eigenvalue weighted by molar-refractivity contribution is 5.87. The van der Waals surface area contributed by atoms with E-state index in [9.17, 15) is 14.0 Å². The summed E-state index contributed by atoms with van der Waals surface area (Å²) >= 11 is 0. The lowest BCUT2D eigenvalue weighted by molar-refractivity contribution is -0.130. The van der Waals surface area contributed by atoms with Crippen LogP contribution < -0.4 is 10.6 Å². The highest BCUT2D eigenvalue weighted by atomic mass is 19.1. The first-order chi connectivity index (χ1) is 15.7. The van der Waals surface area contributed by atoms with Gasteiger partial charge in [-0.1, -0.05) is 12.5 Å². The maximum atomic E-state index is 14.8.